The molecule has 3 rings (SSSR count). The van der Waals surface area contributed by atoms with Gasteiger partial charge in [-0.1, -0.05) is 23.5 Å². The number of carbonyl (C=O) groups excluding carboxylic acids is 2. The van der Waals surface area contributed by atoms with Gasteiger partial charge < -0.3 is 10.1 Å². The smallest absolute Gasteiger partial charge is 0.338 e. The Balaban J connectivity index is 1.63. The van der Waals surface area contributed by atoms with Gasteiger partial charge in [0.15, 0.2) is 5.13 Å². The van der Waals surface area contributed by atoms with Crippen LogP contribution in [-0.2, 0) is 11.3 Å². The lowest BCUT2D eigenvalue weighted by molar-refractivity contribution is 0.0526. The molecule has 1 heterocycles. The van der Waals surface area contributed by atoms with E-state index in [0.29, 0.717) is 22.8 Å². The van der Waals surface area contributed by atoms with Crippen molar-refractivity contribution in [1.29, 1.82) is 0 Å². The molecule has 2 amide bonds. The van der Waals surface area contributed by atoms with Crippen molar-refractivity contribution in [3.8, 4) is 0 Å². The Morgan fingerprint density at radius 1 is 1.19 bits per heavy atom. The summed E-state index contributed by atoms with van der Waals surface area (Å²) in [5.41, 5.74) is 1.90. The number of amides is 2. The number of hydrogen-bond acceptors (Lipinski definition) is 5. The summed E-state index contributed by atoms with van der Waals surface area (Å²) in [6, 6.07) is 10.5. The van der Waals surface area contributed by atoms with E-state index in [1.54, 1.807) is 37.3 Å². The maximum absolute atomic E-state index is 12.9. The van der Waals surface area contributed by atoms with Crippen LogP contribution in [0.5, 0.6) is 0 Å². The molecule has 0 aliphatic rings. The number of halogens is 1. The number of thiazole rings is 1. The third kappa shape index (κ3) is 4.34. The molecule has 1 aromatic heterocycles. The van der Waals surface area contributed by atoms with Crippen LogP contribution in [0.1, 0.15) is 22.8 Å². The van der Waals surface area contributed by atoms with Crippen LogP contribution in [0.15, 0.2) is 42.5 Å². The Kier molecular flexibility index (Phi) is 5.43. The highest BCUT2D eigenvalue weighted by atomic mass is 32.1. The van der Waals surface area contributed by atoms with E-state index in [2.05, 4.69) is 15.6 Å². The van der Waals surface area contributed by atoms with E-state index >= 15 is 0 Å². The molecule has 0 spiro atoms. The molecule has 6 nitrogen and oxygen atoms in total. The SMILES string of the molecule is CCOC(=O)c1ccc2nc(NC(=O)NCc3ccc(F)cc3)sc2c1. The van der Waals surface area contributed by atoms with Gasteiger partial charge in [0.25, 0.3) is 0 Å². The number of anilines is 1. The average molecular weight is 373 g/mol. The van der Waals surface area contributed by atoms with Gasteiger partial charge in [0, 0.05) is 6.54 Å². The zero-order chi connectivity index (χ0) is 18.5. The fraction of sp³-hybridized carbons (Fsp3) is 0.167. The number of urea groups is 1. The summed E-state index contributed by atoms with van der Waals surface area (Å²) < 4.78 is 18.6. The van der Waals surface area contributed by atoms with Crippen molar-refractivity contribution in [2.24, 2.45) is 0 Å². The predicted octanol–water partition coefficient (Wildman–Crippen LogP) is 3.93. The second-order valence-electron chi connectivity index (χ2n) is 5.36. The summed E-state index contributed by atoms with van der Waals surface area (Å²) in [4.78, 5) is 28.1. The van der Waals surface area contributed by atoms with E-state index in [4.69, 9.17) is 4.74 Å². The highest BCUT2D eigenvalue weighted by Gasteiger charge is 2.11. The number of fused-ring (bicyclic) bond motifs is 1. The number of hydrogen-bond donors (Lipinski definition) is 2. The van der Waals surface area contributed by atoms with E-state index < -0.39 is 12.0 Å². The van der Waals surface area contributed by atoms with Gasteiger partial charge in [-0.05, 0) is 42.8 Å². The molecule has 0 atom stereocenters. The second kappa shape index (κ2) is 7.92. The maximum atomic E-state index is 12.9. The van der Waals surface area contributed by atoms with E-state index in [0.717, 1.165) is 10.3 Å². The molecule has 0 saturated carbocycles. The molecule has 0 aliphatic carbocycles. The Hall–Kier alpha value is -3.00. The number of carbonyl (C=O) groups is 2. The summed E-state index contributed by atoms with van der Waals surface area (Å²) in [6.45, 7) is 2.32. The minimum atomic E-state index is -0.418. The van der Waals surface area contributed by atoms with E-state index in [-0.39, 0.29) is 12.4 Å². The van der Waals surface area contributed by atoms with Crippen LogP contribution in [0.25, 0.3) is 10.2 Å². The molecule has 0 radical (unpaired) electrons. The summed E-state index contributed by atoms with van der Waals surface area (Å²) in [6.07, 6.45) is 0. The van der Waals surface area contributed by atoms with Crippen LogP contribution in [-0.4, -0.2) is 23.6 Å². The Morgan fingerprint density at radius 2 is 1.96 bits per heavy atom. The third-order valence-electron chi connectivity index (χ3n) is 3.49. The van der Waals surface area contributed by atoms with E-state index in [1.165, 1.54) is 23.5 Å². The highest BCUT2D eigenvalue weighted by Crippen LogP contribution is 2.27. The van der Waals surface area contributed by atoms with Crippen LogP contribution in [0, 0.1) is 5.82 Å². The monoisotopic (exact) mass is 373 g/mol. The molecular formula is C18H16FN3O3S. The van der Waals surface area contributed by atoms with Crippen LogP contribution in [0.3, 0.4) is 0 Å². The average Bonchev–Trinajstić information content (AvgIpc) is 3.02. The van der Waals surface area contributed by atoms with Gasteiger partial charge in [0.1, 0.15) is 5.82 Å². The van der Waals surface area contributed by atoms with Crippen LogP contribution in [0.2, 0.25) is 0 Å². The number of nitrogens with zero attached hydrogens (tertiary/aromatic N) is 1. The number of esters is 1. The van der Waals surface area contributed by atoms with Gasteiger partial charge in [-0.25, -0.2) is 19.0 Å². The first-order chi connectivity index (χ1) is 12.5. The van der Waals surface area contributed by atoms with Gasteiger partial charge in [0.05, 0.1) is 22.4 Å². The summed E-state index contributed by atoms with van der Waals surface area (Å²) in [5.74, 6) is -0.718. The zero-order valence-electron chi connectivity index (χ0n) is 13.9. The quantitative estimate of drug-likeness (QED) is 0.664. The number of ether oxygens (including phenoxy) is 1. The van der Waals surface area contributed by atoms with Crippen molar-refractivity contribution in [3.63, 3.8) is 0 Å². The van der Waals surface area contributed by atoms with E-state index in [9.17, 15) is 14.0 Å². The van der Waals surface area contributed by atoms with Crippen molar-refractivity contribution in [3.05, 3.63) is 59.4 Å². The topological polar surface area (TPSA) is 80.3 Å². The van der Waals surface area contributed by atoms with Gasteiger partial charge >= 0.3 is 12.0 Å². The number of aromatic nitrogens is 1. The standard InChI is InChI=1S/C18H16FN3O3S/c1-2-25-16(23)12-5-8-14-15(9-12)26-18(21-14)22-17(24)20-10-11-3-6-13(19)7-4-11/h3-9H,2,10H2,1H3,(H2,20,21,22,24). The first kappa shape index (κ1) is 17.8. The Morgan fingerprint density at radius 3 is 2.69 bits per heavy atom. The normalized spacial score (nSPS) is 10.5. The lowest BCUT2D eigenvalue weighted by Gasteiger charge is -2.05. The highest BCUT2D eigenvalue weighted by molar-refractivity contribution is 7.22. The lowest BCUT2D eigenvalue weighted by Crippen LogP contribution is -2.28. The molecule has 0 unspecified atom stereocenters. The molecule has 134 valence electrons. The van der Waals surface area contributed by atoms with Crippen molar-refractivity contribution < 1.29 is 18.7 Å². The molecule has 2 aromatic carbocycles. The summed E-state index contributed by atoms with van der Waals surface area (Å²) in [5, 5.41) is 5.75. The van der Waals surface area contributed by atoms with E-state index in [1.807, 2.05) is 0 Å². The molecular weight excluding hydrogens is 357 g/mol. The number of benzene rings is 2. The van der Waals surface area contributed by atoms with Gasteiger partial charge in [-0.3, -0.25) is 5.32 Å². The maximum Gasteiger partial charge on any atom is 0.338 e. The molecule has 26 heavy (non-hydrogen) atoms. The largest absolute Gasteiger partial charge is 0.462 e. The molecule has 0 fully saturated rings. The van der Waals surface area contributed by atoms with Crippen LogP contribution in [0.4, 0.5) is 14.3 Å². The van der Waals surface area contributed by atoms with Crippen LogP contribution < -0.4 is 10.6 Å². The molecule has 0 bridgehead atoms. The summed E-state index contributed by atoms with van der Waals surface area (Å²) >= 11 is 1.26. The fourth-order valence-electron chi connectivity index (χ4n) is 2.25. The van der Waals surface area contributed by atoms with Crippen molar-refractivity contribution >= 4 is 38.7 Å². The van der Waals surface area contributed by atoms with Crippen molar-refractivity contribution in [2.45, 2.75) is 13.5 Å². The minimum absolute atomic E-state index is 0.268. The van der Waals surface area contributed by atoms with Gasteiger partial charge in [-0.2, -0.15) is 0 Å². The summed E-state index contributed by atoms with van der Waals surface area (Å²) in [7, 11) is 0. The fourth-order valence-corrected chi connectivity index (χ4v) is 3.15. The first-order valence-corrected chi connectivity index (χ1v) is 8.74. The van der Waals surface area contributed by atoms with Crippen molar-refractivity contribution in [1.82, 2.24) is 10.3 Å². The van der Waals surface area contributed by atoms with Crippen LogP contribution >= 0.6 is 11.3 Å². The second-order valence-corrected chi connectivity index (χ2v) is 6.39. The third-order valence-corrected chi connectivity index (χ3v) is 4.42. The number of rotatable bonds is 5. The van der Waals surface area contributed by atoms with Gasteiger partial charge in [0.2, 0.25) is 0 Å². The lowest BCUT2D eigenvalue weighted by atomic mass is 10.2. The van der Waals surface area contributed by atoms with Gasteiger partial charge in [-0.15, -0.1) is 0 Å². The zero-order valence-corrected chi connectivity index (χ0v) is 14.7. The minimum Gasteiger partial charge on any atom is -0.462 e. The number of nitrogens with one attached hydrogen (secondary N) is 2. The Labute approximate surface area is 153 Å². The first-order valence-electron chi connectivity index (χ1n) is 7.92. The molecule has 2 N–H and O–H groups in total. The van der Waals surface area contributed by atoms with Crippen molar-refractivity contribution in [2.75, 3.05) is 11.9 Å². The molecule has 0 saturated heterocycles. The molecule has 0 aliphatic heterocycles. The molecule has 3 aromatic rings. The predicted molar refractivity (Wildman–Crippen MR) is 97.8 cm³/mol. The Bertz CT molecular complexity index is 941. The molecule has 8 heteroatoms.